The van der Waals surface area contributed by atoms with E-state index >= 15 is 0 Å². The van der Waals surface area contributed by atoms with Gasteiger partial charge in [0.15, 0.2) is 0 Å². The first-order valence-electron chi connectivity index (χ1n) is 7.56. The Morgan fingerprint density at radius 2 is 1.89 bits per heavy atom. The Hall–Kier alpha value is -0.860. The molecule has 0 spiro atoms. The number of benzene rings is 1. The topological polar surface area (TPSA) is 35.2 Å². The fraction of sp³-hybridized carbons (Fsp3) is 0.647. The standard InChI is InChI=1S/C17H27NO/c1-12-8-4-6-10-15(12)17(14(3)18)19-16-11-7-5-9-13(16)2/h4,6,8,10,13-14,16-17H,5,7,9,11,18H2,1-3H3. The smallest absolute Gasteiger partial charge is 0.0979 e. The fourth-order valence-corrected chi connectivity index (χ4v) is 3.06. The van der Waals surface area contributed by atoms with Gasteiger partial charge in [-0.3, -0.25) is 0 Å². The van der Waals surface area contributed by atoms with Crippen LogP contribution in [0, 0.1) is 12.8 Å². The number of ether oxygens (including phenoxy) is 1. The summed E-state index contributed by atoms with van der Waals surface area (Å²) in [7, 11) is 0. The molecule has 0 saturated heterocycles. The highest BCUT2D eigenvalue weighted by Gasteiger charge is 2.28. The molecule has 2 rings (SSSR count). The van der Waals surface area contributed by atoms with Gasteiger partial charge in [-0.2, -0.15) is 0 Å². The normalized spacial score (nSPS) is 26.9. The van der Waals surface area contributed by atoms with Crippen LogP contribution < -0.4 is 5.73 Å². The molecule has 1 aliphatic carbocycles. The van der Waals surface area contributed by atoms with Crippen LogP contribution in [0.5, 0.6) is 0 Å². The Morgan fingerprint density at radius 1 is 1.21 bits per heavy atom. The van der Waals surface area contributed by atoms with Crippen LogP contribution in [0.4, 0.5) is 0 Å². The van der Waals surface area contributed by atoms with Gasteiger partial charge in [0.05, 0.1) is 12.2 Å². The van der Waals surface area contributed by atoms with Crippen molar-refractivity contribution in [1.82, 2.24) is 0 Å². The summed E-state index contributed by atoms with van der Waals surface area (Å²) in [6, 6.07) is 8.45. The molecule has 1 aromatic carbocycles. The fourth-order valence-electron chi connectivity index (χ4n) is 3.06. The Morgan fingerprint density at radius 3 is 2.53 bits per heavy atom. The molecule has 0 amide bonds. The molecule has 2 nitrogen and oxygen atoms in total. The summed E-state index contributed by atoms with van der Waals surface area (Å²) in [4.78, 5) is 0. The minimum Gasteiger partial charge on any atom is -0.368 e. The van der Waals surface area contributed by atoms with Crippen LogP contribution in [-0.4, -0.2) is 12.1 Å². The maximum Gasteiger partial charge on any atom is 0.0979 e. The zero-order valence-electron chi connectivity index (χ0n) is 12.4. The highest BCUT2D eigenvalue weighted by molar-refractivity contribution is 5.28. The van der Waals surface area contributed by atoms with Crippen molar-refractivity contribution in [2.75, 3.05) is 0 Å². The Bertz CT molecular complexity index is 402. The van der Waals surface area contributed by atoms with Gasteiger partial charge in [-0.1, -0.05) is 44.0 Å². The molecular weight excluding hydrogens is 234 g/mol. The molecule has 4 atom stereocenters. The largest absolute Gasteiger partial charge is 0.368 e. The van der Waals surface area contributed by atoms with Crippen molar-refractivity contribution >= 4 is 0 Å². The molecule has 1 aliphatic rings. The van der Waals surface area contributed by atoms with Gasteiger partial charge >= 0.3 is 0 Å². The van der Waals surface area contributed by atoms with Crippen molar-refractivity contribution in [2.24, 2.45) is 11.7 Å². The van der Waals surface area contributed by atoms with Crippen molar-refractivity contribution in [2.45, 2.75) is 64.7 Å². The van der Waals surface area contributed by atoms with Crippen LogP contribution in [-0.2, 0) is 4.74 Å². The zero-order chi connectivity index (χ0) is 13.8. The molecule has 19 heavy (non-hydrogen) atoms. The minimum atomic E-state index is 0.0201. The minimum absolute atomic E-state index is 0.0201. The first-order valence-corrected chi connectivity index (χ1v) is 7.56. The molecule has 0 heterocycles. The quantitative estimate of drug-likeness (QED) is 0.889. The molecule has 0 aromatic heterocycles. The van der Waals surface area contributed by atoms with E-state index in [4.69, 9.17) is 10.5 Å². The van der Waals surface area contributed by atoms with Gasteiger partial charge in [-0.25, -0.2) is 0 Å². The van der Waals surface area contributed by atoms with Crippen molar-refractivity contribution in [3.63, 3.8) is 0 Å². The van der Waals surface area contributed by atoms with Crippen molar-refractivity contribution in [3.8, 4) is 0 Å². The lowest BCUT2D eigenvalue weighted by atomic mass is 9.87. The predicted octanol–water partition coefficient (Wildman–Crippen LogP) is 3.98. The molecule has 0 aliphatic heterocycles. The molecule has 1 saturated carbocycles. The summed E-state index contributed by atoms with van der Waals surface area (Å²) < 4.78 is 6.41. The van der Waals surface area contributed by atoms with Gasteiger partial charge in [-0.15, -0.1) is 0 Å². The summed E-state index contributed by atoms with van der Waals surface area (Å²) in [5, 5.41) is 0. The van der Waals surface area contributed by atoms with Crippen LogP contribution in [0.2, 0.25) is 0 Å². The van der Waals surface area contributed by atoms with Crippen molar-refractivity contribution in [1.29, 1.82) is 0 Å². The van der Waals surface area contributed by atoms with Crippen molar-refractivity contribution < 1.29 is 4.74 Å². The van der Waals surface area contributed by atoms with Gasteiger partial charge in [-0.05, 0) is 43.7 Å². The lowest BCUT2D eigenvalue weighted by Crippen LogP contribution is -2.34. The number of hydrogen-bond acceptors (Lipinski definition) is 2. The number of hydrogen-bond donors (Lipinski definition) is 1. The van der Waals surface area contributed by atoms with E-state index in [2.05, 4.69) is 38.1 Å². The number of nitrogens with two attached hydrogens (primary N) is 1. The second kappa shape index (κ2) is 6.53. The first-order chi connectivity index (χ1) is 9.09. The van der Waals surface area contributed by atoms with Crippen LogP contribution in [0.1, 0.15) is 56.8 Å². The number of aryl methyl sites for hydroxylation is 1. The van der Waals surface area contributed by atoms with E-state index < -0.39 is 0 Å². The predicted molar refractivity (Wildman–Crippen MR) is 80.1 cm³/mol. The van der Waals surface area contributed by atoms with Crippen LogP contribution in [0.3, 0.4) is 0 Å². The van der Waals surface area contributed by atoms with Crippen molar-refractivity contribution in [3.05, 3.63) is 35.4 Å². The monoisotopic (exact) mass is 261 g/mol. The molecule has 2 heteroatoms. The summed E-state index contributed by atoms with van der Waals surface area (Å²) in [5.41, 5.74) is 8.69. The third-order valence-electron chi connectivity index (χ3n) is 4.33. The molecule has 4 unspecified atom stereocenters. The molecule has 106 valence electrons. The van der Waals surface area contributed by atoms with E-state index in [1.807, 2.05) is 6.92 Å². The van der Waals surface area contributed by atoms with E-state index in [0.29, 0.717) is 12.0 Å². The van der Waals surface area contributed by atoms with Gasteiger partial charge in [0.25, 0.3) is 0 Å². The van der Waals surface area contributed by atoms with Gasteiger partial charge in [0.2, 0.25) is 0 Å². The summed E-state index contributed by atoms with van der Waals surface area (Å²) in [6.07, 6.45) is 5.47. The lowest BCUT2D eigenvalue weighted by Gasteiger charge is -2.34. The van der Waals surface area contributed by atoms with Crippen LogP contribution in [0.25, 0.3) is 0 Å². The molecular formula is C17H27NO. The maximum atomic E-state index is 6.41. The van der Waals surface area contributed by atoms with E-state index in [9.17, 15) is 0 Å². The highest BCUT2D eigenvalue weighted by atomic mass is 16.5. The summed E-state index contributed by atoms with van der Waals surface area (Å²) in [6.45, 7) is 6.49. The summed E-state index contributed by atoms with van der Waals surface area (Å²) in [5.74, 6) is 0.652. The molecule has 1 fully saturated rings. The van der Waals surface area contributed by atoms with E-state index in [1.54, 1.807) is 0 Å². The average molecular weight is 261 g/mol. The highest BCUT2D eigenvalue weighted by Crippen LogP contribution is 2.32. The van der Waals surface area contributed by atoms with E-state index in [-0.39, 0.29) is 12.1 Å². The third kappa shape index (κ3) is 3.58. The maximum absolute atomic E-state index is 6.41. The zero-order valence-corrected chi connectivity index (χ0v) is 12.4. The number of rotatable bonds is 4. The molecule has 1 aromatic rings. The van der Waals surface area contributed by atoms with Crippen LogP contribution >= 0.6 is 0 Å². The van der Waals surface area contributed by atoms with E-state index in [1.165, 1.54) is 36.8 Å². The Balaban J connectivity index is 2.14. The average Bonchev–Trinajstić information content (AvgIpc) is 2.38. The van der Waals surface area contributed by atoms with Gasteiger partial charge in [0, 0.05) is 6.04 Å². The van der Waals surface area contributed by atoms with Crippen LogP contribution in [0.15, 0.2) is 24.3 Å². The second-order valence-corrected chi connectivity index (χ2v) is 6.07. The van der Waals surface area contributed by atoms with E-state index in [0.717, 1.165) is 0 Å². The molecule has 0 bridgehead atoms. The van der Waals surface area contributed by atoms with Gasteiger partial charge in [0.1, 0.15) is 0 Å². The Kier molecular flexibility index (Phi) is 5.00. The SMILES string of the molecule is Cc1ccccc1C(OC1CCCCC1C)C(C)N. The summed E-state index contributed by atoms with van der Waals surface area (Å²) >= 11 is 0. The van der Waals surface area contributed by atoms with Gasteiger partial charge < -0.3 is 10.5 Å². The first kappa shape index (κ1) is 14.5. The third-order valence-corrected chi connectivity index (χ3v) is 4.33. The lowest BCUT2D eigenvalue weighted by molar-refractivity contribution is -0.0654. The molecule has 0 radical (unpaired) electrons. The molecule has 2 N–H and O–H groups in total. The Labute approximate surface area is 117 Å². The second-order valence-electron chi connectivity index (χ2n) is 6.07.